The maximum absolute atomic E-state index is 12.3. The lowest BCUT2D eigenvalue weighted by Gasteiger charge is -2.15. The van der Waals surface area contributed by atoms with Crippen molar-refractivity contribution in [1.82, 2.24) is 10.3 Å². The molecule has 0 aliphatic carbocycles. The highest BCUT2D eigenvalue weighted by Gasteiger charge is 2.38. The summed E-state index contributed by atoms with van der Waals surface area (Å²) in [5.74, 6) is -5.04. The first-order valence-corrected chi connectivity index (χ1v) is 9.09. The third-order valence-electron chi connectivity index (χ3n) is 3.85. The maximum Gasteiger partial charge on any atom is 0.490 e. The van der Waals surface area contributed by atoms with Crippen molar-refractivity contribution in [2.24, 2.45) is 5.73 Å². The fraction of sp³-hybridized carbons (Fsp3) is 0.333. The van der Waals surface area contributed by atoms with Gasteiger partial charge < -0.3 is 26.4 Å². The molecule has 2 rings (SSSR count). The van der Waals surface area contributed by atoms with Gasteiger partial charge in [0.1, 0.15) is 11.2 Å². The van der Waals surface area contributed by atoms with Crippen molar-refractivity contribution < 1.29 is 42.9 Å². The highest BCUT2D eigenvalue weighted by atomic mass is 35.5. The van der Waals surface area contributed by atoms with E-state index in [1.807, 2.05) is 0 Å². The zero-order chi connectivity index (χ0) is 23.8. The number of nitrogens with one attached hydrogen (secondary N) is 1. The molecule has 1 atom stereocenters. The zero-order valence-electron chi connectivity index (χ0n) is 15.8. The number of alkyl halides is 3. The number of rotatable bonds is 7. The van der Waals surface area contributed by atoms with Gasteiger partial charge in [-0.2, -0.15) is 13.2 Å². The predicted molar refractivity (Wildman–Crippen MR) is 104 cm³/mol. The molecule has 9 nitrogen and oxygen atoms in total. The number of carboxylic acids is 2. The molecule has 1 aromatic carbocycles. The minimum atomic E-state index is -5.08. The molecule has 1 amide bonds. The van der Waals surface area contributed by atoms with Crippen LogP contribution in [0.15, 0.2) is 24.3 Å². The number of aliphatic carboxylic acids is 2. The van der Waals surface area contributed by atoms with Gasteiger partial charge in [0.05, 0.1) is 0 Å². The summed E-state index contributed by atoms with van der Waals surface area (Å²) in [5, 5.41) is 29.9. The number of carbonyl (C=O) groups excluding carboxylic acids is 1. The summed E-state index contributed by atoms with van der Waals surface area (Å²) in [5.41, 5.74) is 5.08. The molecule has 0 saturated heterocycles. The van der Waals surface area contributed by atoms with Crippen LogP contribution in [-0.2, 0) is 9.59 Å². The molecule has 2 aromatic rings. The molecule has 0 radical (unpaired) electrons. The quantitative estimate of drug-likeness (QED) is 0.307. The van der Waals surface area contributed by atoms with E-state index in [0.717, 1.165) is 0 Å². The average Bonchev–Trinajstić information content (AvgIpc) is 2.69. The molecule has 1 heterocycles. The van der Waals surface area contributed by atoms with E-state index in [-0.39, 0.29) is 23.0 Å². The average molecular weight is 466 g/mol. The summed E-state index contributed by atoms with van der Waals surface area (Å²) in [6, 6.07) is 5.60. The van der Waals surface area contributed by atoms with E-state index in [2.05, 4.69) is 10.3 Å². The van der Waals surface area contributed by atoms with Crippen molar-refractivity contribution in [2.75, 3.05) is 6.54 Å². The molecule has 0 spiro atoms. The lowest BCUT2D eigenvalue weighted by atomic mass is 10.1. The van der Waals surface area contributed by atoms with Crippen molar-refractivity contribution in [3.63, 3.8) is 0 Å². The molecule has 1 aromatic heterocycles. The molecule has 6 N–H and O–H groups in total. The molecule has 0 bridgehead atoms. The van der Waals surface area contributed by atoms with E-state index in [1.165, 1.54) is 0 Å². The van der Waals surface area contributed by atoms with E-state index in [9.17, 15) is 33.0 Å². The Balaban J connectivity index is 0.000000592. The monoisotopic (exact) mass is 465 g/mol. The van der Waals surface area contributed by atoms with Crippen molar-refractivity contribution in [3.05, 3.63) is 35.1 Å². The second-order valence-electron chi connectivity index (χ2n) is 6.10. The third-order valence-corrected chi connectivity index (χ3v) is 4.13. The van der Waals surface area contributed by atoms with Crippen LogP contribution in [0.1, 0.15) is 29.8 Å². The fourth-order valence-electron chi connectivity index (χ4n) is 2.34. The van der Waals surface area contributed by atoms with Gasteiger partial charge in [0.15, 0.2) is 11.4 Å². The lowest BCUT2D eigenvalue weighted by molar-refractivity contribution is -0.192. The number of hydrogen-bond acceptors (Lipinski definition) is 6. The Morgan fingerprint density at radius 2 is 1.68 bits per heavy atom. The first kappa shape index (κ1) is 25.9. The highest BCUT2D eigenvalue weighted by molar-refractivity contribution is 6.34. The third kappa shape index (κ3) is 7.57. The van der Waals surface area contributed by atoms with E-state index < -0.39 is 30.1 Å². The minimum absolute atomic E-state index is 0.0588. The number of nitrogens with zero attached hydrogens (tertiary/aromatic N) is 1. The summed E-state index contributed by atoms with van der Waals surface area (Å²) >= 11 is 6.05. The van der Waals surface area contributed by atoms with Gasteiger partial charge in [-0.3, -0.25) is 4.79 Å². The van der Waals surface area contributed by atoms with Gasteiger partial charge in [0, 0.05) is 10.8 Å². The number of benzene rings is 1. The Labute approximate surface area is 178 Å². The first-order chi connectivity index (χ1) is 14.4. The number of aromatic hydroxyl groups is 1. The maximum atomic E-state index is 12.3. The Morgan fingerprint density at radius 3 is 2.16 bits per heavy atom. The number of pyridine rings is 1. The van der Waals surface area contributed by atoms with Crippen molar-refractivity contribution in [3.8, 4) is 5.75 Å². The molecule has 31 heavy (non-hydrogen) atoms. The summed E-state index contributed by atoms with van der Waals surface area (Å²) in [6.07, 6.45) is -3.63. The number of hydrogen-bond donors (Lipinski definition) is 5. The Hall–Kier alpha value is -3.12. The van der Waals surface area contributed by atoms with Crippen LogP contribution < -0.4 is 11.1 Å². The normalized spacial score (nSPS) is 11.9. The number of halogens is 4. The molecule has 0 saturated carbocycles. The molecule has 0 aliphatic rings. The summed E-state index contributed by atoms with van der Waals surface area (Å²) < 4.78 is 31.7. The van der Waals surface area contributed by atoms with Gasteiger partial charge >= 0.3 is 18.1 Å². The summed E-state index contributed by atoms with van der Waals surface area (Å²) in [4.78, 5) is 36.4. The molecule has 0 unspecified atom stereocenters. The van der Waals surface area contributed by atoms with Crippen molar-refractivity contribution in [2.45, 2.75) is 31.5 Å². The van der Waals surface area contributed by atoms with Gasteiger partial charge in [-0.25, -0.2) is 14.6 Å². The van der Waals surface area contributed by atoms with Crippen LogP contribution in [-0.4, -0.2) is 56.9 Å². The van der Waals surface area contributed by atoms with Gasteiger partial charge in [0.2, 0.25) is 0 Å². The molecule has 0 fully saturated rings. The van der Waals surface area contributed by atoms with Crippen molar-refractivity contribution in [1.29, 1.82) is 0 Å². The molecular weight excluding hydrogens is 447 g/mol. The number of nitrogens with two attached hydrogens (primary N) is 1. The number of fused-ring (bicyclic) bond motifs is 1. The molecule has 170 valence electrons. The number of aromatic nitrogens is 1. The van der Waals surface area contributed by atoms with Gasteiger partial charge in [-0.1, -0.05) is 35.9 Å². The second kappa shape index (κ2) is 11.3. The van der Waals surface area contributed by atoms with E-state index >= 15 is 0 Å². The van der Waals surface area contributed by atoms with Crippen LogP contribution in [0.5, 0.6) is 5.75 Å². The van der Waals surface area contributed by atoms with Crippen LogP contribution >= 0.6 is 11.6 Å². The van der Waals surface area contributed by atoms with Crippen LogP contribution in [0.3, 0.4) is 0 Å². The van der Waals surface area contributed by atoms with Crippen LogP contribution in [0.25, 0.3) is 10.8 Å². The standard InChI is InChI=1S/C16H18ClN3O4.C2HF3O2/c17-14-10-6-2-1-5-9(10)13(21)12(20-14)15(22)19-11(16(23)24)7-3-4-8-18;3-2(4,5)1(6)7/h1-2,5-6,11,21H,3-4,7-8,18H2,(H,19,22)(H,23,24);(H,6,7)/t11-;/m0./s1. The number of unbranched alkanes of at least 4 members (excludes halogenated alkanes) is 1. The lowest BCUT2D eigenvalue weighted by Crippen LogP contribution is -2.41. The van der Waals surface area contributed by atoms with E-state index in [1.54, 1.807) is 24.3 Å². The molecular formula is C18H19ClF3N3O6. The Bertz CT molecular complexity index is 955. The van der Waals surface area contributed by atoms with E-state index in [4.69, 9.17) is 27.2 Å². The zero-order valence-corrected chi connectivity index (χ0v) is 16.6. The smallest absolute Gasteiger partial charge is 0.490 e. The number of amides is 1. The van der Waals surface area contributed by atoms with Crippen LogP contribution in [0, 0.1) is 0 Å². The molecule has 13 heteroatoms. The first-order valence-electron chi connectivity index (χ1n) is 8.71. The summed E-state index contributed by atoms with van der Waals surface area (Å²) in [7, 11) is 0. The van der Waals surface area contributed by atoms with Crippen LogP contribution in [0.2, 0.25) is 5.15 Å². The second-order valence-corrected chi connectivity index (χ2v) is 6.46. The fourth-order valence-corrected chi connectivity index (χ4v) is 2.59. The topological polar surface area (TPSA) is 163 Å². The highest BCUT2D eigenvalue weighted by Crippen LogP contribution is 2.31. The largest absolute Gasteiger partial charge is 0.505 e. The van der Waals surface area contributed by atoms with Gasteiger partial charge in [-0.05, 0) is 25.8 Å². The number of carbonyl (C=O) groups is 3. The van der Waals surface area contributed by atoms with Gasteiger partial charge in [-0.15, -0.1) is 0 Å². The SMILES string of the molecule is NCCCC[C@H](NC(=O)c1nc(Cl)c2ccccc2c1O)C(=O)O.O=C(O)C(F)(F)F. The van der Waals surface area contributed by atoms with Crippen molar-refractivity contribution >= 4 is 40.2 Å². The predicted octanol–water partition coefficient (Wildman–Crippen LogP) is 2.54. The molecule has 0 aliphatic heterocycles. The minimum Gasteiger partial charge on any atom is -0.505 e. The Morgan fingerprint density at radius 1 is 1.13 bits per heavy atom. The van der Waals surface area contributed by atoms with Gasteiger partial charge in [0.25, 0.3) is 5.91 Å². The Kier molecular flexibility index (Phi) is 9.46. The van der Waals surface area contributed by atoms with E-state index in [0.29, 0.717) is 30.2 Å². The summed E-state index contributed by atoms with van der Waals surface area (Å²) in [6.45, 7) is 0.447. The van der Waals surface area contributed by atoms with Crippen LogP contribution in [0.4, 0.5) is 13.2 Å². The number of carboxylic acid groups (broad SMARTS) is 2.